The summed E-state index contributed by atoms with van der Waals surface area (Å²) in [5, 5.41) is 13.6. The smallest absolute Gasteiger partial charge is 0.120 e. The van der Waals surface area contributed by atoms with Crippen molar-refractivity contribution in [1.82, 2.24) is 10.2 Å². The molecule has 21 heavy (non-hydrogen) atoms. The molecule has 120 valence electrons. The summed E-state index contributed by atoms with van der Waals surface area (Å²) in [7, 11) is 0. The lowest BCUT2D eigenvalue weighted by Crippen LogP contribution is -2.45. The zero-order chi connectivity index (χ0) is 13.2. The maximum Gasteiger partial charge on any atom is 0.120 e. The highest BCUT2D eigenvalue weighted by Crippen LogP contribution is 2.42. The predicted octanol–water partition coefficient (Wildman–Crippen LogP) is 3.74. The second-order valence-electron chi connectivity index (χ2n) is 5.68. The molecule has 1 saturated heterocycles. The van der Waals surface area contributed by atoms with E-state index in [9.17, 15) is 5.11 Å². The molecule has 2 fully saturated rings. The Morgan fingerprint density at radius 3 is 2.52 bits per heavy atom. The first-order chi connectivity index (χ1) is 9.24. The van der Waals surface area contributed by atoms with Crippen LogP contribution in [0.2, 0.25) is 0 Å². The summed E-state index contributed by atoms with van der Waals surface area (Å²) in [6.45, 7) is 4.25. The molecule has 6 heteroatoms. The van der Waals surface area contributed by atoms with Gasteiger partial charge in [0.1, 0.15) is 5.75 Å². The molecule has 0 bridgehead atoms. The third-order valence-electron chi connectivity index (χ3n) is 4.19. The zero-order valence-corrected chi connectivity index (χ0v) is 15.1. The van der Waals surface area contributed by atoms with Crippen LogP contribution in [0.25, 0.3) is 0 Å². The van der Waals surface area contributed by atoms with Crippen LogP contribution in [0.3, 0.4) is 0 Å². The van der Waals surface area contributed by atoms with Crippen molar-refractivity contribution in [2.24, 2.45) is 5.92 Å². The molecule has 1 aromatic carbocycles. The van der Waals surface area contributed by atoms with Gasteiger partial charge < -0.3 is 10.4 Å². The van der Waals surface area contributed by atoms with Crippen molar-refractivity contribution in [2.45, 2.75) is 25.3 Å². The van der Waals surface area contributed by atoms with Crippen molar-refractivity contribution in [2.75, 3.05) is 26.2 Å². The number of phenolic OH excluding ortho intramolecular Hbond substituents is 1. The summed E-state index contributed by atoms with van der Waals surface area (Å²) in [5.41, 5.74) is 1.09. The molecule has 2 aliphatic rings. The zero-order valence-electron chi connectivity index (χ0n) is 11.9. The minimum atomic E-state index is 0. The van der Waals surface area contributed by atoms with E-state index in [1.54, 1.807) is 0 Å². The quantitative estimate of drug-likeness (QED) is 0.812. The third kappa shape index (κ3) is 5.00. The number of hydrogen-bond donors (Lipinski definition) is 2. The van der Waals surface area contributed by atoms with Crippen LogP contribution in [-0.2, 0) is 0 Å². The maximum atomic E-state index is 10.2. The Balaban J connectivity index is 0.00000110. The molecular weight excluding hydrogens is 375 g/mol. The Bertz CT molecular complexity index is 451. The predicted molar refractivity (Wildman–Crippen MR) is 94.8 cm³/mol. The summed E-state index contributed by atoms with van der Waals surface area (Å²) in [6.07, 6.45) is 3.90. The topological polar surface area (TPSA) is 35.5 Å². The molecule has 1 aromatic rings. The van der Waals surface area contributed by atoms with Gasteiger partial charge in [-0.1, -0.05) is 28.8 Å². The van der Waals surface area contributed by atoms with Crippen LogP contribution in [0.5, 0.6) is 5.75 Å². The summed E-state index contributed by atoms with van der Waals surface area (Å²) in [5.74, 6) is 1.30. The van der Waals surface area contributed by atoms with E-state index in [2.05, 4.69) is 32.2 Å². The van der Waals surface area contributed by atoms with Crippen molar-refractivity contribution in [3.8, 4) is 5.75 Å². The Hall–Kier alpha value is -0.0000000000000000971. The first-order valence-corrected chi connectivity index (χ1v) is 7.96. The highest BCUT2D eigenvalue weighted by molar-refractivity contribution is 9.10. The molecule has 0 unspecified atom stereocenters. The number of phenols is 1. The van der Waals surface area contributed by atoms with Gasteiger partial charge >= 0.3 is 0 Å². The van der Waals surface area contributed by atoms with E-state index in [1.165, 1.54) is 19.3 Å². The number of aromatic hydroxyl groups is 1. The number of hydrogen-bond acceptors (Lipinski definition) is 3. The first kappa shape index (κ1) is 19.0. The van der Waals surface area contributed by atoms with Gasteiger partial charge in [-0.15, -0.1) is 24.8 Å². The normalized spacial score (nSPS) is 20.2. The minimum absolute atomic E-state index is 0. The van der Waals surface area contributed by atoms with E-state index < -0.39 is 0 Å². The molecule has 1 saturated carbocycles. The lowest BCUT2D eigenvalue weighted by atomic mass is 9.98. The van der Waals surface area contributed by atoms with Gasteiger partial charge in [-0.3, -0.25) is 4.90 Å². The number of nitrogens with zero attached hydrogens (tertiary/aromatic N) is 1. The Kier molecular flexibility index (Phi) is 7.79. The second-order valence-corrected chi connectivity index (χ2v) is 6.60. The molecule has 1 heterocycles. The summed E-state index contributed by atoms with van der Waals surface area (Å²) in [6, 6.07) is 6.17. The van der Waals surface area contributed by atoms with E-state index in [0.29, 0.717) is 11.8 Å². The number of nitrogens with one attached hydrogen (secondary N) is 1. The third-order valence-corrected chi connectivity index (χ3v) is 4.69. The van der Waals surface area contributed by atoms with Crippen LogP contribution < -0.4 is 5.32 Å². The fourth-order valence-corrected chi connectivity index (χ4v) is 3.31. The molecule has 2 N–H and O–H groups in total. The largest absolute Gasteiger partial charge is 0.508 e. The fourth-order valence-electron chi connectivity index (χ4n) is 2.93. The molecule has 1 atom stereocenters. The number of piperazine rings is 1. The molecule has 0 radical (unpaired) electrons. The average Bonchev–Trinajstić information content (AvgIpc) is 3.24. The number of rotatable bonds is 4. The first-order valence-electron chi connectivity index (χ1n) is 7.17. The average molecular weight is 398 g/mol. The van der Waals surface area contributed by atoms with Crippen molar-refractivity contribution in [3.05, 3.63) is 28.2 Å². The van der Waals surface area contributed by atoms with Crippen molar-refractivity contribution in [3.63, 3.8) is 0 Å². The molecular formula is C15H23BrCl2N2O. The molecule has 3 nitrogen and oxygen atoms in total. The molecule has 3 rings (SSSR count). The highest BCUT2D eigenvalue weighted by atomic mass is 79.9. The van der Waals surface area contributed by atoms with Gasteiger partial charge in [-0.25, -0.2) is 0 Å². The van der Waals surface area contributed by atoms with Crippen LogP contribution in [0.4, 0.5) is 0 Å². The molecule has 1 aliphatic heterocycles. The van der Waals surface area contributed by atoms with Crippen molar-refractivity contribution < 1.29 is 5.11 Å². The van der Waals surface area contributed by atoms with Gasteiger partial charge in [0.25, 0.3) is 0 Å². The van der Waals surface area contributed by atoms with Crippen LogP contribution in [-0.4, -0.2) is 36.2 Å². The van der Waals surface area contributed by atoms with E-state index in [0.717, 1.165) is 42.1 Å². The maximum absolute atomic E-state index is 10.2. The molecule has 1 aliphatic carbocycles. The standard InChI is InChI=1S/C15H21BrN2O.2ClH/c16-12-3-4-15(19)13(10-12)14(9-11-1-2-11)18-7-5-17-6-8-18;;/h3-4,10-11,14,17,19H,1-2,5-9H2;2*1H/t14-;;/m0../s1. The van der Waals surface area contributed by atoms with Gasteiger partial charge in [0.05, 0.1) is 0 Å². The lowest BCUT2D eigenvalue weighted by Gasteiger charge is -2.35. The van der Waals surface area contributed by atoms with Gasteiger partial charge in [-0.05, 0) is 30.5 Å². The van der Waals surface area contributed by atoms with Gasteiger partial charge in [0.15, 0.2) is 0 Å². The van der Waals surface area contributed by atoms with E-state index in [4.69, 9.17) is 0 Å². The van der Waals surface area contributed by atoms with Gasteiger partial charge in [-0.2, -0.15) is 0 Å². The molecule has 0 aromatic heterocycles. The summed E-state index contributed by atoms with van der Waals surface area (Å²) < 4.78 is 1.05. The van der Waals surface area contributed by atoms with Crippen molar-refractivity contribution >= 4 is 40.7 Å². The van der Waals surface area contributed by atoms with E-state index in [1.807, 2.05) is 12.1 Å². The van der Waals surface area contributed by atoms with Crippen LogP contribution in [0, 0.1) is 5.92 Å². The van der Waals surface area contributed by atoms with E-state index >= 15 is 0 Å². The molecule has 0 spiro atoms. The van der Waals surface area contributed by atoms with Crippen molar-refractivity contribution in [1.29, 1.82) is 0 Å². The van der Waals surface area contributed by atoms with Gasteiger partial charge in [0, 0.05) is 42.3 Å². The fraction of sp³-hybridized carbons (Fsp3) is 0.600. The van der Waals surface area contributed by atoms with Crippen LogP contribution in [0.15, 0.2) is 22.7 Å². The Morgan fingerprint density at radius 2 is 1.90 bits per heavy atom. The summed E-state index contributed by atoms with van der Waals surface area (Å²) >= 11 is 3.53. The van der Waals surface area contributed by atoms with Gasteiger partial charge in [0.2, 0.25) is 0 Å². The highest BCUT2D eigenvalue weighted by Gasteiger charge is 2.31. The number of benzene rings is 1. The van der Waals surface area contributed by atoms with Crippen LogP contribution >= 0.6 is 40.7 Å². The Labute approximate surface area is 147 Å². The number of halogens is 3. The second kappa shape index (κ2) is 8.59. The Morgan fingerprint density at radius 1 is 1.24 bits per heavy atom. The van der Waals surface area contributed by atoms with E-state index in [-0.39, 0.29) is 24.8 Å². The minimum Gasteiger partial charge on any atom is -0.508 e. The lowest BCUT2D eigenvalue weighted by molar-refractivity contribution is 0.158. The monoisotopic (exact) mass is 396 g/mol. The van der Waals surface area contributed by atoms with Crippen LogP contribution in [0.1, 0.15) is 30.9 Å². The SMILES string of the molecule is Cl.Cl.Oc1ccc(Br)cc1[C@H](CC1CC1)N1CCNCC1. The summed E-state index contributed by atoms with van der Waals surface area (Å²) in [4.78, 5) is 2.52. The molecule has 0 amide bonds.